The van der Waals surface area contributed by atoms with Crippen LogP contribution < -0.4 is 5.56 Å². The van der Waals surface area contributed by atoms with Crippen molar-refractivity contribution < 1.29 is 9.15 Å². The maximum atomic E-state index is 13.4. The zero-order valence-electron chi connectivity index (χ0n) is 18.8. The monoisotopic (exact) mass is 440 g/mol. The number of rotatable bonds is 6. The minimum atomic E-state index is -0.250. The van der Waals surface area contributed by atoms with Crippen LogP contribution in [0.1, 0.15) is 17.0 Å². The minimum absolute atomic E-state index is 0.250. The van der Waals surface area contributed by atoms with Crippen molar-refractivity contribution >= 4 is 28.1 Å². The topological polar surface area (TPSA) is 74.6 Å². The average molecular weight is 441 g/mol. The highest BCUT2D eigenvalue weighted by atomic mass is 16.5. The van der Waals surface area contributed by atoms with Gasteiger partial charge in [-0.1, -0.05) is 30.3 Å². The predicted octanol–water partition coefficient (Wildman–Crippen LogP) is 4.76. The molecule has 2 aromatic carbocycles. The van der Waals surface area contributed by atoms with Gasteiger partial charge in [-0.3, -0.25) is 4.79 Å². The third-order valence-electron chi connectivity index (χ3n) is 5.84. The van der Waals surface area contributed by atoms with E-state index in [1.54, 1.807) is 19.4 Å². The molecule has 0 fully saturated rings. The second-order valence-electron chi connectivity index (χ2n) is 7.93. The normalized spacial score (nSPS) is 11.8. The van der Waals surface area contributed by atoms with E-state index >= 15 is 0 Å². The number of aryl methyl sites for hydroxylation is 1. The van der Waals surface area contributed by atoms with Crippen LogP contribution in [0.15, 0.2) is 75.0 Å². The highest BCUT2D eigenvalue weighted by molar-refractivity contribution is 5.85. The summed E-state index contributed by atoms with van der Waals surface area (Å²) in [4.78, 5) is 18.1. The van der Waals surface area contributed by atoms with Crippen LogP contribution in [0.25, 0.3) is 33.5 Å². The van der Waals surface area contributed by atoms with Crippen LogP contribution in [0.5, 0.6) is 0 Å². The molecule has 0 saturated heterocycles. The highest BCUT2D eigenvalue weighted by Crippen LogP contribution is 2.27. The van der Waals surface area contributed by atoms with Crippen molar-refractivity contribution in [2.24, 2.45) is 5.10 Å². The quantitative estimate of drug-likeness (QED) is 0.357. The average Bonchev–Trinajstić information content (AvgIpc) is 3.37. The Balaban J connectivity index is 1.67. The Labute approximate surface area is 190 Å². The maximum Gasteiger partial charge on any atom is 0.282 e. The van der Waals surface area contributed by atoms with Gasteiger partial charge in [0.05, 0.1) is 23.7 Å². The number of nitrogens with zero attached hydrogens (tertiary/aromatic N) is 4. The van der Waals surface area contributed by atoms with Crippen molar-refractivity contribution in [3.63, 3.8) is 0 Å². The second kappa shape index (κ2) is 8.52. The van der Waals surface area contributed by atoms with Crippen LogP contribution in [0, 0.1) is 13.8 Å². The summed E-state index contributed by atoms with van der Waals surface area (Å²) >= 11 is 0. The zero-order valence-corrected chi connectivity index (χ0v) is 18.8. The number of hydrogen-bond donors (Lipinski definition) is 0. The summed E-state index contributed by atoms with van der Waals surface area (Å²) in [6.07, 6.45) is 1.70. The number of para-hydroxylation sites is 2. The summed E-state index contributed by atoms with van der Waals surface area (Å²) in [6, 6.07) is 18.9. The summed E-state index contributed by atoms with van der Waals surface area (Å²) < 4.78 is 14.7. The van der Waals surface area contributed by atoms with Crippen molar-refractivity contribution in [1.29, 1.82) is 0 Å². The molecule has 0 aliphatic rings. The molecule has 0 radical (unpaired) electrons. The molecule has 5 rings (SSSR count). The number of benzene rings is 2. The van der Waals surface area contributed by atoms with Crippen molar-refractivity contribution in [3.8, 4) is 11.6 Å². The van der Waals surface area contributed by atoms with Gasteiger partial charge in [0.1, 0.15) is 5.58 Å². The van der Waals surface area contributed by atoms with E-state index in [4.69, 9.17) is 14.1 Å². The Morgan fingerprint density at radius 1 is 1.09 bits per heavy atom. The molecule has 166 valence electrons. The van der Waals surface area contributed by atoms with Crippen molar-refractivity contribution in [2.45, 2.75) is 20.4 Å². The van der Waals surface area contributed by atoms with E-state index in [1.165, 1.54) is 4.68 Å². The molecule has 0 aliphatic carbocycles. The van der Waals surface area contributed by atoms with Crippen LogP contribution in [0.2, 0.25) is 0 Å². The van der Waals surface area contributed by atoms with Gasteiger partial charge in [0, 0.05) is 36.0 Å². The molecule has 0 amide bonds. The first-order valence-electron chi connectivity index (χ1n) is 10.8. The number of ether oxygens (including phenoxy) is 1. The van der Waals surface area contributed by atoms with Gasteiger partial charge in [-0.15, -0.1) is 0 Å². The molecule has 0 atom stereocenters. The van der Waals surface area contributed by atoms with Gasteiger partial charge in [0.2, 0.25) is 5.82 Å². The third-order valence-corrected chi connectivity index (χ3v) is 5.84. The van der Waals surface area contributed by atoms with Gasteiger partial charge in [-0.2, -0.15) is 9.78 Å². The molecule has 5 aromatic rings. The fourth-order valence-corrected chi connectivity index (χ4v) is 4.09. The Morgan fingerprint density at radius 2 is 1.88 bits per heavy atom. The largest absolute Gasteiger partial charge is 0.453 e. The lowest BCUT2D eigenvalue weighted by Gasteiger charge is -2.08. The van der Waals surface area contributed by atoms with Crippen LogP contribution >= 0.6 is 0 Å². The maximum absolute atomic E-state index is 13.4. The predicted molar refractivity (Wildman–Crippen MR) is 130 cm³/mol. The van der Waals surface area contributed by atoms with Crippen LogP contribution in [-0.2, 0) is 11.3 Å². The number of fused-ring (bicyclic) bond motifs is 2. The molecule has 0 aliphatic heterocycles. The lowest BCUT2D eigenvalue weighted by atomic mass is 10.2. The van der Waals surface area contributed by atoms with Gasteiger partial charge in [0.15, 0.2) is 5.76 Å². The lowest BCUT2D eigenvalue weighted by molar-refractivity contribution is 0.186. The number of aromatic nitrogens is 3. The van der Waals surface area contributed by atoms with Gasteiger partial charge in [-0.05, 0) is 44.2 Å². The first-order valence-corrected chi connectivity index (χ1v) is 10.8. The molecule has 0 spiro atoms. The molecular weight excluding hydrogens is 416 g/mol. The van der Waals surface area contributed by atoms with E-state index in [0.717, 1.165) is 34.5 Å². The smallest absolute Gasteiger partial charge is 0.282 e. The molecule has 0 unspecified atom stereocenters. The van der Waals surface area contributed by atoms with Gasteiger partial charge >= 0.3 is 0 Å². The fourth-order valence-electron chi connectivity index (χ4n) is 4.09. The third kappa shape index (κ3) is 3.76. The zero-order chi connectivity index (χ0) is 22.9. The fraction of sp³-hybridized carbons (Fsp3) is 0.192. The first kappa shape index (κ1) is 20.9. The minimum Gasteiger partial charge on any atom is -0.453 e. The number of hydrogen-bond acceptors (Lipinski definition) is 5. The summed E-state index contributed by atoms with van der Waals surface area (Å²) in [6.45, 7) is 5.45. The standard InChI is InChI=1S/C26H24N4O3/c1-17-14-20(18(2)29(17)12-13-32-3)16-27-30-25(24-15-19-8-4-7-11-23(19)33-24)28-22-10-6-5-9-21(22)26(30)31/h4-11,14-16H,12-13H2,1-3H3. The summed E-state index contributed by atoms with van der Waals surface area (Å²) in [7, 11) is 1.69. The highest BCUT2D eigenvalue weighted by Gasteiger charge is 2.16. The Morgan fingerprint density at radius 3 is 2.70 bits per heavy atom. The Bertz CT molecular complexity index is 1520. The number of furan rings is 1. The van der Waals surface area contributed by atoms with E-state index < -0.39 is 0 Å². The summed E-state index contributed by atoms with van der Waals surface area (Å²) in [5, 5.41) is 6.02. The van der Waals surface area contributed by atoms with Crippen molar-refractivity contribution in [2.75, 3.05) is 13.7 Å². The van der Waals surface area contributed by atoms with Crippen LogP contribution in [0.4, 0.5) is 0 Å². The first-order chi connectivity index (χ1) is 16.1. The van der Waals surface area contributed by atoms with Gasteiger partial charge in [-0.25, -0.2) is 4.98 Å². The van der Waals surface area contributed by atoms with Gasteiger partial charge in [0.25, 0.3) is 5.56 Å². The molecular formula is C26H24N4O3. The molecule has 3 heterocycles. The van der Waals surface area contributed by atoms with Crippen molar-refractivity contribution in [1.82, 2.24) is 14.2 Å². The molecule has 0 saturated carbocycles. The van der Waals surface area contributed by atoms with Crippen molar-refractivity contribution in [3.05, 3.63) is 88.0 Å². The molecule has 33 heavy (non-hydrogen) atoms. The van der Waals surface area contributed by atoms with Crippen LogP contribution in [0.3, 0.4) is 0 Å². The lowest BCUT2D eigenvalue weighted by Crippen LogP contribution is -2.20. The molecule has 7 heteroatoms. The Hall–Kier alpha value is -3.97. The molecule has 3 aromatic heterocycles. The Kier molecular flexibility index (Phi) is 5.40. The summed E-state index contributed by atoms with van der Waals surface area (Å²) in [5.41, 5.74) is 4.17. The van der Waals surface area contributed by atoms with Crippen LogP contribution in [-0.4, -0.2) is 34.2 Å². The summed E-state index contributed by atoms with van der Waals surface area (Å²) in [5.74, 6) is 0.848. The van der Waals surface area contributed by atoms with Gasteiger partial charge < -0.3 is 13.7 Å². The number of methoxy groups -OCH3 is 1. The van der Waals surface area contributed by atoms with E-state index in [0.29, 0.717) is 29.1 Å². The molecule has 7 nitrogen and oxygen atoms in total. The molecule has 0 N–H and O–H groups in total. The van der Waals surface area contributed by atoms with E-state index in [1.807, 2.05) is 62.4 Å². The van der Waals surface area contributed by atoms with E-state index in [2.05, 4.69) is 15.7 Å². The SMILES string of the molecule is COCCn1c(C)cc(C=Nn2c(-c3cc4ccccc4o3)nc3ccccc3c2=O)c1C. The van der Waals surface area contributed by atoms with E-state index in [-0.39, 0.29) is 5.56 Å². The van der Waals surface area contributed by atoms with E-state index in [9.17, 15) is 4.79 Å². The molecule has 0 bridgehead atoms. The second-order valence-corrected chi connectivity index (χ2v) is 7.93.